The maximum Gasteiger partial charge on any atom is 0.0991 e. The summed E-state index contributed by atoms with van der Waals surface area (Å²) < 4.78 is 0. The zero-order valence-corrected chi connectivity index (χ0v) is 8.94. The quantitative estimate of drug-likeness (QED) is 0.243. The van der Waals surface area contributed by atoms with Crippen molar-refractivity contribution in [3.05, 3.63) is 45.3 Å². The van der Waals surface area contributed by atoms with E-state index in [-0.39, 0.29) is 0 Å². The van der Waals surface area contributed by atoms with Crippen LogP contribution in [-0.4, -0.2) is 6.54 Å². The molecule has 0 amide bonds. The fourth-order valence-corrected chi connectivity index (χ4v) is 1.18. The summed E-state index contributed by atoms with van der Waals surface area (Å²) in [4.78, 5) is 2.64. The van der Waals surface area contributed by atoms with Crippen molar-refractivity contribution < 1.29 is 0 Å². The predicted molar refractivity (Wildman–Crippen MR) is 61.4 cm³/mol. The van der Waals surface area contributed by atoms with E-state index in [1.54, 1.807) is 12.1 Å². The summed E-state index contributed by atoms with van der Waals surface area (Å²) in [6.07, 6.45) is 0.545. The molecule has 4 heteroatoms. The molecule has 1 rings (SSSR count). The molecule has 4 nitrogen and oxygen atoms in total. The average molecular weight is 210 g/mol. The summed E-state index contributed by atoms with van der Waals surface area (Å²) in [5, 5.41) is 12.1. The van der Waals surface area contributed by atoms with Crippen molar-refractivity contribution in [1.82, 2.24) is 0 Å². The second-order valence-corrected chi connectivity index (χ2v) is 3.15. The zero-order chi connectivity index (χ0) is 11.8. The molecule has 0 aliphatic carbocycles. The molecule has 0 N–H and O–H groups in total. The number of aryl methyl sites for hydroxylation is 1. The maximum absolute atomic E-state index is 8.69. The van der Waals surface area contributed by atoms with Crippen LogP contribution >= 0.6 is 0 Å². The molecule has 0 radical (unpaired) electrons. The molecule has 0 atom stereocenters. The Morgan fingerprint density at radius 1 is 1.50 bits per heavy atom. The number of nitrogens with zero attached hydrogens (tertiary/aromatic N) is 4. The molecular formula is C12H10N4. The van der Waals surface area contributed by atoms with Crippen LogP contribution in [0.25, 0.3) is 10.4 Å². The van der Waals surface area contributed by atoms with Gasteiger partial charge in [0.05, 0.1) is 11.6 Å². The van der Waals surface area contributed by atoms with Crippen molar-refractivity contribution in [1.29, 1.82) is 5.26 Å². The molecule has 0 aliphatic rings. The molecule has 0 aliphatic heterocycles. The Balaban J connectivity index is 2.74. The van der Waals surface area contributed by atoms with Crippen molar-refractivity contribution >= 4 is 0 Å². The lowest BCUT2D eigenvalue weighted by Gasteiger charge is -1.97. The van der Waals surface area contributed by atoms with Crippen LogP contribution in [0.1, 0.15) is 23.1 Å². The van der Waals surface area contributed by atoms with Gasteiger partial charge in [-0.3, -0.25) is 0 Å². The maximum atomic E-state index is 8.69. The Morgan fingerprint density at radius 2 is 2.31 bits per heavy atom. The summed E-state index contributed by atoms with van der Waals surface area (Å²) >= 11 is 0. The van der Waals surface area contributed by atoms with Crippen molar-refractivity contribution in [3.63, 3.8) is 0 Å². The van der Waals surface area contributed by atoms with Gasteiger partial charge in [-0.15, -0.1) is 0 Å². The van der Waals surface area contributed by atoms with Crippen LogP contribution in [0, 0.1) is 30.1 Å². The van der Waals surface area contributed by atoms with Gasteiger partial charge in [0, 0.05) is 23.4 Å². The SMILES string of the molecule is Cc1cc(C#N)ccc1C#CCCN=[N+]=[N-]. The van der Waals surface area contributed by atoms with E-state index in [2.05, 4.69) is 27.9 Å². The van der Waals surface area contributed by atoms with E-state index in [0.717, 1.165) is 11.1 Å². The molecule has 0 spiro atoms. The standard InChI is InChI=1S/C12H10N4/c1-10-8-11(9-13)5-6-12(10)4-2-3-7-15-16-14/h5-6,8H,3,7H2,1H3. The summed E-state index contributed by atoms with van der Waals surface area (Å²) in [5.74, 6) is 5.90. The van der Waals surface area contributed by atoms with Crippen LogP contribution in [0.3, 0.4) is 0 Å². The average Bonchev–Trinajstić information content (AvgIpc) is 2.30. The largest absolute Gasteiger partial charge is 0.192 e. The minimum Gasteiger partial charge on any atom is -0.192 e. The van der Waals surface area contributed by atoms with E-state index in [9.17, 15) is 0 Å². The third-order valence-corrected chi connectivity index (χ3v) is 1.98. The summed E-state index contributed by atoms with van der Waals surface area (Å²) in [5.41, 5.74) is 10.6. The first-order valence-corrected chi connectivity index (χ1v) is 4.78. The second-order valence-electron chi connectivity index (χ2n) is 3.15. The first kappa shape index (κ1) is 11.7. The van der Waals surface area contributed by atoms with Gasteiger partial charge >= 0.3 is 0 Å². The summed E-state index contributed by atoms with van der Waals surface area (Å²) in [7, 11) is 0. The van der Waals surface area contributed by atoms with Crippen molar-refractivity contribution in [2.75, 3.05) is 6.54 Å². The molecule has 0 saturated heterocycles. The monoisotopic (exact) mass is 210 g/mol. The highest BCUT2D eigenvalue weighted by atomic mass is 15.1. The lowest BCUT2D eigenvalue weighted by atomic mass is 10.1. The highest BCUT2D eigenvalue weighted by Crippen LogP contribution is 2.08. The molecule has 16 heavy (non-hydrogen) atoms. The number of hydrogen-bond donors (Lipinski definition) is 0. The van der Waals surface area contributed by atoms with Gasteiger partial charge in [0.2, 0.25) is 0 Å². The van der Waals surface area contributed by atoms with E-state index < -0.39 is 0 Å². The van der Waals surface area contributed by atoms with E-state index in [1.807, 2.05) is 13.0 Å². The molecule has 1 aromatic carbocycles. The molecule has 1 aromatic rings. The molecule has 0 aromatic heterocycles. The van der Waals surface area contributed by atoms with Gasteiger partial charge in [-0.1, -0.05) is 17.0 Å². The smallest absolute Gasteiger partial charge is 0.0991 e. The Labute approximate surface area is 94.1 Å². The molecule has 0 bridgehead atoms. The van der Waals surface area contributed by atoms with E-state index >= 15 is 0 Å². The van der Waals surface area contributed by atoms with Crippen molar-refractivity contribution in [2.45, 2.75) is 13.3 Å². The number of hydrogen-bond acceptors (Lipinski definition) is 2. The number of rotatable bonds is 2. The highest BCUT2D eigenvalue weighted by molar-refractivity contribution is 5.45. The van der Waals surface area contributed by atoms with Crippen LogP contribution in [0.2, 0.25) is 0 Å². The van der Waals surface area contributed by atoms with E-state index in [0.29, 0.717) is 18.5 Å². The van der Waals surface area contributed by atoms with Crippen molar-refractivity contribution in [2.24, 2.45) is 5.11 Å². The Kier molecular flexibility index (Phi) is 4.47. The number of benzene rings is 1. The third-order valence-electron chi connectivity index (χ3n) is 1.98. The normalized spacial score (nSPS) is 8.25. The van der Waals surface area contributed by atoms with Gasteiger partial charge in [0.15, 0.2) is 0 Å². The van der Waals surface area contributed by atoms with Crippen molar-refractivity contribution in [3.8, 4) is 17.9 Å². The fourth-order valence-electron chi connectivity index (χ4n) is 1.18. The molecule has 0 fully saturated rings. The Morgan fingerprint density at radius 3 is 2.94 bits per heavy atom. The molecule has 78 valence electrons. The molecule has 0 saturated carbocycles. The molecule has 0 unspecified atom stereocenters. The Hall–Kier alpha value is -2.42. The van der Waals surface area contributed by atoms with E-state index in [4.69, 9.17) is 10.8 Å². The van der Waals surface area contributed by atoms with Crippen LogP contribution in [0.4, 0.5) is 0 Å². The zero-order valence-electron chi connectivity index (χ0n) is 8.94. The van der Waals surface area contributed by atoms with Gasteiger partial charge in [-0.2, -0.15) is 5.26 Å². The number of nitriles is 1. The first-order chi connectivity index (χ1) is 7.77. The Bertz CT molecular complexity index is 522. The van der Waals surface area contributed by atoms with E-state index in [1.165, 1.54) is 0 Å². The van der Waals surface area contributed by atoms with Crippen LogP contribution in [0.15, 0.2) is 23.3 Å². The first-order valence-electron chi connectivity index (χ1n) is 4.78. The van der Waals surface area contributed by atoms with Crippen LogP contribution in [-0.2, 0) is 0 Å². The lowest BCUT2D eigenvalue weighted by Crippen LogP contribution is -1.84. The second kappa shape index (κ2) is 6.14. The van der Waals surface area contributed by atoms with Gasteiger partial charge in [-0.25, -0.2) is 0 Å². The van der Waals surface area contributed by atoms with Gasteiger partial charge in [0.25, 0.3) is 0 Å². The summed E-state index contributed by atoms with van der Waals surface area (Å²) in [6.45, 7) is 2.30. The minimum absolute atomic E-state index is 0.388. The lowest BCUT2D eigenvalue weighted by molar-refractivity contribution is 1.01. The van der Waals surface area contributed by atoms with Gasteiger partial charge in [0.1, 0.15) is 0 Å². The number of azide groups is 1. The van der Waals surface area contributed by atoms with Crippen LogP contribution < -0.4 is 0 Å². The fraction of sp³-hybridized carbons (Fsp3) is 0.250. The minimum atomic E-state index is 0.388. The summed E-state index contributed by atoms with van der Waals surface area (Å²) in [6, 6.07) is 7.45. The predicted octanol–water partition coefficient (Wildman–Crippen LogP) is 2.92. The van der Waals surface area contributed by atoms with Crippen LogP contribution in [0.5, 0.6) is 0 Å². The molecule has 0 heterocycles. The topological polar surface area (TPSA) is 72.5 Å². The highest BCUT2D eigenvalue weighted by Gasteiger charge is 1.95. The molecular weight excluding hydrogens is 200 g/mol. The third kappa shape index (κ3) is 3.38. The van der Waals surface area contributed by atoms with Gasteiger partial charge in [-0.05, 0) is 36.2 Å². The van der Waals surface area contributed by atoms with Gasteiger partial charge < -0.3 is 0 Å².